The number of pyridine rings is 1. The van der Waals surface area contributed by atoms with E-state index in [9.17, 15) is 0 Å². The summed E-state index contributed by atoms with van der Waals surface area (Å²) in [6, 6.07) is 58.7. The van der Waals surface area contributed by atoms with Crippen LogP contribution in [0.15, 0.2) is 164 Å². The third-order valence-electron chi connectivity index (χ3n) is 11.9. The van der Waals surface area contributed by atoms with E-state index >= 15 is 0 Å². The van der Waals surface area contributed by atoms with Crippen molar-refractivity contribution in [3.05, 3.63) is 211 Å². The van der Waals surface area contributed by atoms with Crippen molar-refractivity contribution in [3.63, 3.8) is 0 Å². The Morgan fingerprint density at radius 2 is 1.15 bits per heavy atom. The monoisotopic (exact) mass is 964 g/mol. The topological polar surface area (TPSA) is 33.5 Å². The number of ether oxygens (including phenoxy) is 1. The van der Waals surface area contributed by atoms with E-state index in [-0.39, 0.29) is 37.3 Å². The Hall–Kier alpha value is -5.90. The van der Waals surface area contributed by atoms with Gasteiger partial charge in [0.1, 0.15) is 5.82 Å². The fraction of sp³-hybridized carbons (Fsp3) is 0.185. The predicted octanol–water partition coefficient (Wildman–Crippen LogP) is 13.4. The summed E-state index contributed by atoms with van der Waals surface area (Å²) in [7, 11) is 0. The van der Waals surface area contributed by atoms with Gasteiger partial charge in [0.25, 0.3) is 0 Å². The number of anilines is 2. The van der Waals surface area contributed by atoms with Gasteiger partial charge in [-0.2, -0.15) is 6.07 Å². The van der Waals surface area contributed by atoms with Crippen LogP contribution < -0.4 is 14.5 Å². The number of hydrogen-bond donors (Lipinski definition) is 0. The summed E-state index contributed by atoms with van der Waals surface area (Å²) in [5.41, 5.74) is 9.59. The molecule has 2 aromatic heterocycles. The summed E-state index contributed by atoms with van der Waals surface area (Å²) >= 11 is 0. The van der Waals surface area contributed by atoms with Gasteiger partial charge in [0.15, 0.2) is 0 Å². The van der Waals surface area contributed by atoms with Crippen molar-refractivity contribution in [1.29, 1.82) is 0 Å². The first-order valence-electron chi connectivity index (χ1n) is 20.4. The SMILES string of the molecule is CC(C)(C)c1cc(Oc2[c-]c3c(cc2)c2ccccc2n3-c2ccccn2)[c-]c(N2C=CN(c3cc(C(C)(C)c4ccccc4)cc(C(C)(C)c4ccccc4)c3)[CH-]2)c1.[Pt]. The van der Waals surface area contributed by atoms with Gasteiger partial charge >= 0.3 is 0 Å². The molecule has 0 spiro atoms. The number of para-hydroxylation sites is 1. The smallest absolute Gasteiger partial charge is 0.135 e. The molecule has 8 aromatic rings. The molecular weight excluding hydrogens is 916 g/mol. The molecule has 0 N–H and O–H groups in total. The first kappa shape index (κ1) is 40.9. The van der Waals surface area contributed by atoms with Crippen LogP contribution in [0.2, 0.25) is 0 Å². The van der Waals surface area contributed by atoms with Crippen LogP contribution >= 0.6 is 0 Å². The molecule has 3 heterocycles. The van der Waals surface area contributed by atoms with E-state index in [2.05, 4.69) is 215 Å². The maximum Gasteiger partial charge on any atom is 0.135 e. The average molecular weight is 965 g/mol. The number of rotatable bonds is 9. The Bertz CT molecular complexity index is 2750. The van der Waals surface area contributed by atoms with Crippen molar-refractivity contribution in [2.24, 2.45) is 0 Å². The Morgan fingerprint density at radius 3 is 1.78 bits per heavy atom. The van der Waals surface area contributed by atoms with Gasteiger partial charge in [0.2, 0.25) is 0 Å². The molecule has 60 heavy (non-hydrogen) atoms. The first-order chi connectivity index (χ1) is 28.4. The fourth-order valence-corrected chi connectivity index (χ4v) is 8.11. The molecule has 0 saturated carbocycles. The molecule has 0 saturated heterocycles. The van der Waals surface area contributed by atoms with Crippen molar-refractivity contribution >= 4 is 33.2 Å². The molecule has 0 fully saturated rings. The van der Waals surface area contributed by atoms with Crippen molar-refractivity contribution < 1.29 is 25.8 Å². The third-order valence-corrected chi connectivity index (χ3v) is 11.9. The Kier molecular flexibility index (Phi) is 10.9. The molecule has 1 aliphatic heterocycles. The third kappa shape index (κ3) is 7.68. The van der Waals surface area contributed by atoms with Crippen molar-refractivity contribution in [2.75, 3.05) is 9.80 Å². The minimum Gasteiger partial charge on any atom is -0.509 e. The quantitative estimate of drug-likeness (QED) is 0.135. The van der Waals surface area contributed by atoms with Gasteiger partial charge in [-0.3, -0.25) is 0 Å². The largest absolute Gasteiger partial charge is 0.509 e. The second-order valence-electron chi connectivity index (χ2n) is 17.6. The minimum absolute atomic E-state index is 0. The van der Waals surface area contributed by atoms with Gasteiger partial charge in [0, 0.05) is 60.8 Å². The maximum absolute atomic E-state index is 6.69. The number of fused-ring (bicyclic) bond motifs is 3. The number of benzene rings is 6. The van der Waals surface area contributed by atoms with Gasteiger partial charge in [-0.1, -0.05) is 145 Å². The molecule has 0 amide bonds. The fourth-order valence-electron chi connectivity index (χ4n) is 8.11. The molecule has 5 nitrogen and oxygen atoms in total. The summed E-state index contributed by atoms with van der Waals surface area (Å²) in [4.78, 5) is 9.04. The molecule has 1 aliphatic rings. The van der Waals surface area contributed by atoms with Gasteiger partial charge in [-0.15, -0.1) is 53.6 Å². The molecule has 0 unspecified atom stereocenters. The van der Waals surface area contributed by atoms with Crippen molar-refractivity contribution in [1.82, 2.24) is 9.55 Å². The molecule has 304 valence electrons. The molecular formula is C54H49N4OPt-3. The summed E-state index contributed by atoms with van der Waals surface area (Å²) in [5, 5.41) is 2.24. The Balaban J connectivity index is 0.00000499. The van der Waals surface area contributed by atoms with Crippen molar-refractivity contribution in [3.8, 4) is 17.3 Å². The second kappa shape index (κ2) is 15.9. The summed E-state index contributed by atoms with van der Waals surface area (Å²) < 4.78 is 8.84. The maximum atomic E-state index is 6.69. The van der Waals surface area contributed by atoms with Crippen molar-refractivity contribution in [2.45, 2.75) is 64.7 Å². The standard InChI is InChI=1S/C54H49N4O.Pt/c1-52(2,3)40-31-44(35-46(34-40)59-45-25-26-48-47-22-14-15-23-49(47)58(50(48)36-45)51-24-16-17-27-55-51)57-29-28-56(37-57)43-32-41(53(4,5)38-18-10-8-11-19-38)30-42(33-43)54(6,7)39-20-12-9-13-21-39;/h8-34,37H,1-7H3;/q-3;. The normalized spacial score (nSPS) is 13.2. The van der Waals surface area contributed by atoms with Crippen LogP contribution in [0.1, 0.15) is 76.3 Å². The van der Waals surface area contributed by atoms with E-state index < -0.39 is 0 Å². The van der Waals surface area contributed by atoms with E-state index in [4.69, 9.17) is 9.72 Å². The molecule has 9 rings (SSSR count). The average Bonchev–Trinajstić information content (AvgIpc) is 3.88. The molecule has 0 radical (unpaired) electrons. The van der Waals surface area contributed by atoms with E-state index in [1.54, 1.807) is 0 Å². The Morgan fingerprint density at radius 1 is 0.533 bits per heavy atom. The van der Waals surface area contributed by atoms with Gasteiger partial charge in [0.05, 0.1) is 0 Å². The van der Waals surface area contributed by atoms with E-state index in [0.29, 0.717) is 11.5 Å². The number of aromatic nitrogens is 2. The van der Waals surface area contributed by atoms with Crippen LogP contribution in [0.3, 0.4) is 0 Å². The zero-order chi connectivity index (χ0) is 40.9. The van der Waals surface area contributed by atoms with E-state index in [0.717, 1.165) is 44.6 Å². The predicted molar refractivity (Wildman–Crippen MR) is 243 cm³/mol. The van der Waals surface area contributed by atoms with Crippen LogP contribution in [0.5, 0.6) is 11.5 Å². The molecule has 0 bridgehead atoms. The molecule has 6 heteroatoms. The number of nitrogens with zero attached hydrogens (tertiary/aromatic N) is 4. The van der Waals surface area contributed by atoms with Gasteiger partial charge in [-0.05, 0) is 75.8 Å². The van der Waals surface area contributed by atoms with E-state index in [1.807, 2.05) is 30.5 Å². The summed E-state index contributed by atoms with van der Waals surface area (Å²) in [6.07, 6.45) is 6.05. The van der Waals surface area contributed by atoms with Crippen LogP contribution in [-0.2, 0) is 37.3 Å². The van der Waals surface area contributed by atoms with Gasteiger partial charge in [-0.25, -0.2) is 4.98 Å². The molecule has 6 aromatic carbocycles. The second-order valence-corrected chi connectivity index (χ2v) is 17.6. The van der Waals surface area contributed by atoms with E-state index in [1.165, 1.54) is 22.3 Å². The van der Waals surface area contributed by atoms with Crippen LogP contribution in [0.4, 0.5) is 11.4 Å². The van der Waals surface area contributed by atoms with Crippen LogP contribution in [-0.4, -0.2) is 9.55 Å². The van der Waals surface area contributed by atoms with Crippen LogP contribution in [0.25, 0.3) is 27.6 Å². The summed E-state index contributed by atoms with van der Waals surface area (Å²) in [6.45, 7) is 18.1. The minimum atomic E-state index is -0.227. The zero-order valence-corrected chi connectivity index (χ0v) is 37.5. The Labute approximate surface area is 369 Å². The first-order valence-corrected chi connectivity index (χ1v) is 20.4. The van der Waals surface area contributed by atoms with Crippen LogP contribution in [0, 0.1) is 18.8 Å². The molecule has 0 atom stereocenters. The zero-order valence-electron chi connectivity index (χ0n) is 35.2. The van der Waals surface area contributed by atoms with Gasteiger partial charge < -0.3 is 19.1 Å². The summed E-state index contributed by atoms with van der Waals surface area (Å²) in [5.74, 6) is 2.07. The molecule has 0 aliphatic carbocycles. The number of hydrogen-bond acceptors (Lipinski definition) is 4.